The molecular weight excluding hydrogens is 486 g/mol. The van der Waals surface area contributed by atoms with Crippen LogP contribution in [-0.2, 0) is 0 Å². The van der Waals surface area contributed by atoms with Crippen molar-refractivity contribution in [3.05, 3.63) is 0 Å². The maximum absolute atomic E-state index is 0. The van der Waals surface area contributed by atoms with Crippen LogP contribution in [0.5, 0.6) is 0 Å². The molecule has 0 atom stereocenters. The Balaban J connectivity index is 0. The minimum Gasteiger partial charge on any atom is -1.00 e. The molecule has 0 aromatic carbocycles. The molecule has 0 aliphatic heterocycles. The first kappa shape index (κ1) is 2410. The molecule has 24 heavy (non-hydrogen) atoms. The minimum absolute atomic E-state index is 0. The van der Waals surface area contributed by atoms with Crippen molar-refractivity contribution >= 4 is 115 Å². The van der Waals surface area contributed by atoms with Gasteiger partial charge in [0, 0.05) is 0 Å². The summed E-state index contributed by atoms with van der Waals surface area (Å²) in [4.78, 5) is 0. The molecule has 0 saturated heterocycles. The van der Waals surface area contributed by atoms with Crippen molar-refractivity contribution in [2.24, 2.45) is 0 Å². The smallest absolute Gasteiger partial charge is 1.00 e. The molecule has 0 fully saturated rings. The zero-order valence-electron chi connectivity index (χ0n) is 15.6. The summed E-state index contributed by atoms with van der Waals surface area (Å²) in [6, 6.07) is 0. The van der Waals surface area contributed by atoms with E-state index in [2.05, 4.69) is 0 Å². The molecule has 0 aliphatic carbocycles. The summed E-state index contributed by atoms with van der Waals surface area (Å²) in [6.45, 7) is 0. The quantitative estimate of drug-likeness (QED) is 0.262. The van der Waals surface area contributed by atoms with Gasteiger partial charge in [0.15, 0.2) is 17.4 Å². The Kier molecular flexibility index (Phi) is 215000. The summed E-state index contributed by atoms with van der Waals surface area (Å²) in [5.41, 5.74) is 0. The van der Waals surface area contributed by atoms with Crippen LogP contribution in [0.25, 0.3) is 0 Å². The molecular formula is H46AlCaCl3MgO18. The molecule has 0 aromatic heterocycles. The fraction of sp³-hybridized carbons (Fsp3) is 0. The molecule has 0 spiro atoms. The van der Waals surface area contributed by atoms with Crippen molar-refractivity contribution in [1.29, 1.82) is 0 Å². The minimum atomic E-state index is 0. The average Bonchev–Trinajstić information content (AvgIpc) is 0. The molecule has 0 unspecified atom stereocenters. The van der Waals surface area contributed by atoms with E-state index >= 15 is 0 Å². The van der Waals surface area contributed by atoms with Gasteiger partial charge in [-0.1, -0.05) is 0 Å². The van der Waals surface area contributed by atoms with Crippen LogP contribution in [0.1, 0.15) is 5.71 Å². The third kappa shape index (κ3) is 1890. The normalized spacial score (nSPS) is 0. The van der Waals surface area contributed by atoms with Crippen LogP contribution in [0, 0.1) is 0 Å². The molecule has 0 amide bonds. The second kappa shape index (κ2) is 2140. The molecule has 0 bridgehead atoms. The summed E-state index contributed by atoms with van der Waals surface area (Å²) < 4.78 is 0. The predicted octanol–water partition coefficient (Wildman–Crippen LogP) is -15.1. The fourth-order valence-electron chi connectivity index (χ4n) is 0. The summed E-state index contributed by atoms with van der Waals surface area (Å²) in [5.74, 6) is 0. The molecule has 0 heterocycles. The molecule has 0 saturated carbocycles. The Bertz CT molecular complexity index is 46.8. The Morgan fingerprint density at radius 2 is 0.250 bits per heavy atom. The predicted molar refractivity (Wildman–Crippen MR) is 113 cm³/mol. The molecule has 0 aliphatic rings. The Morgan fingerprint density at radius 1 is 0.250 bits per heavy atom. The van der Waals surface area contributed by atoms with Crippen LogP contribution in [0.4, 0.5) is 0 Å². The van der Waals surface area contributed by atoms with Crippen molar-refractivity contribution in [1.82, 2.24) is 0 Å². The first-order chi connectivity index (χ1) is 0. The van der Waals surface area contributed by atoms with Crippen molar-refractivity contribution < 1.29 is 104 Å². The van der Waals surface area contributed by atoms with Crippen molar-refractivity contribution in [2.75, 3.05) is 0 Å². The van der Waals surface area contributed by atoms with Gasteiger partial charge in [0.25, 0.3) is 0 Å². The van der Waals surface area contributed by atoms with E-state index in [-0.39, 0.29) is 220 Å². The van der Waals surface area contributed by atoms with Crippen molar-refractivity contribution in [2.45, 2.75) is 0 Å². The van der Waals surface area contributed by atoms with Gasteiger partial charge in [0.1, 0.15) is 0 Å². The van der Waals surface area contributed by atoms with Gasteiger partial charge in [-0.25, -0.2) is 0 Å². The van der Waals surface area contributed by atoms with Crippen LogP contribution in [0.3, 0.4) is 0 Å². The first-order valence-corrected chi connectivity index (χ1v) is 0. The van der Waals surface area contributed by atoms with Crippen LogP contribution in [0.2, 0.25) is 0 Å². The summed E-state index contributed by atoms with van der Waals surface area (Å²) in [6.07, 6.45) is 0. The van der Waals surface area contributed by atoms with E-state index < -0.39 is 0 Å². The number of halogens is 3. The molecule has 182 valence electrons. The van der Waals surface area contributed by atoms with Gasteiger partial charge in [0.2, 0.25) is 0 Å². The third-order valence-corrected chi connectivity index (χ3v) is 0. The van der Waals surface area contributed by atoms with Crippen molar-refractivity contribution in [3.63, 3.8) is 0 Å². The second-order valence-electron chi connectivity index (χ2n) is 0. The SMILES string of the molecule is Cl.Cl.Cl.O.O.O.O.O.O.O.O.O.O.O.O.O.O.O.O.O.O.[AlH3].[Ca+2].[H-].[H-].[H-].[H-].[Mg+2]. The summed E-state index contributed by atoms with van der Waals surface area (Å²) >= 11 is 0. The van der Waals surface area contributed by atoms with Crippen LogP contribution < -0.4 is 0 Å². The maximum Gasteiger partial charge on any atom is 2.00 e. The first-order valence-electron chi connectivity index (χ1n) is 0. The molecule has 0 aromatic rings. The number of rotatable bonds is 0. The van der Waals surface area contributed by atoms with Gasteiger partial charge in [-0.05, 0) is 0 Å². The zero-order valence-corrected chi connectivity index (χ0v) is 17.7. The maximum atomic E-state index is 0. The second-order valence-corrected chi connectivity index (χ2v) is 0. The van der Waals surface area contributed by atoms with Crippen LogP contribution in [-0.4, -0.2) is 177 Å². The van der Waals surface area contributed by atoms with Crippen molar-refractivity contribution in [3.8, 4) is 0 Å². The van der Waals surface area contributed by atoms with Gasteiger partial charge in [-0.2, -0.15) is 0 Å². The van der Waals surface area contributed by atoms with Crippen LogP contribution >= 0.6 is 37.2 Å². The molecule has 0 radical (unpaired) electrons. The topological polar surface area (TPSA) is 567 Å². The third-order valence-electron chi connectivity index (χ3n) is 0. The number of hydrogen-bond donors (Lipinski definition) is 0. The zero-order chi connectivity index (χ0) is 0. The standard InChI is InChI=1S/Al.Ca.3ClH.Mg.18H2O.7H/h;;3*1H;;18*1H2;;;;;;;/q;+2;;;;+2;;;;;;;;;;;;;;;;;;;;;;4*-1. The summed E-state index contributed by atoms with van der Waals surface area (Å²) in [7, 11) is 0. The summed E-state index contributed by atoms with van der Waals surface area (Å²) in [5, 5.41) is 0. The molecule has 36 N–H and O–H groups in total. The molecule has 0 rings (SSSR count). The number of hydrogen-bond acceptors (Lipinski definition) is 0. The Hall–Kier alpha value is 2.71. The largest absolute Gasteiger partial charge is 2.00 e. The average molecular weight is 532 g/mol. The fourth-order valence-corrected chi connectivity index (χ4v) is 0. The van der Waals surface area contributed by atoms with E-state index in [1.165, 1.54) is 0 Å². The van der Waals surface area contributed by atoms with Gasteiger partial charge in [-0.15, -0.1) is 37.2 Å². The monoisotopic (exact) mass is 530 g/mol. The molecule has 18 nitrogen and oxygen atoms in total. The van der Waals surface area contributed by atoms with Gasteiger partial charge < -0.3 is 104 Å². The van der Waals surface area contributed by atoms with E-state index in [0.717, 1.165) is 0 Å². The van der Waals surface area contributed by atoms with Gasteiger partial charge >= 0.3 is 60.8 Å². The molecule has 24 heteroatoms. The van der Waals surface area contributed by atoms with E-state index in [0.29, 0.717) is 0 Å². The van der Waals surface area contributed by atoms with E-state index in [1.54, 1.807) is 0 Å². The van der Waals surface area contributed by atoms with E-state index in [9.17, 15) is 0 Å². The van der Waals surface area contributed by atoms with E-state index in [1.807, 2.05) is 0 Å². The van der Waals surface area contributed by atoms with Crippen LogP contribution in [0.15, 0.2) is 0 Å². The Morgan fingerprint density at radius 3 is 0.250 bits per heavy atom. The van der Waals surface area contributed by atoms with E-state index in [4.69, 9.17) is 0 Å². The van der Waals surface area contributed by atoms with Gasteiger partial charge in [-0.3, -0.25) is 0 Å². The Labute approximate surface area is 218 Å². The van der Waals surface area contributed by atoms with Gasteiger partial charge in [0.05, 0.1) is 0 Å².